The summed E-state index contributed by atoms with van der Waals surface area (Å²) in [5.74, 6) is 0. The fourth-order valence-electron chi connectivity index (χ4n) is 2.12. The molecule has 1 aromatic carbocycles. The molecule has 1 fully saturated rings. The number of piperidine rings is 1. The third-order valence-electron chi connectivity index (χ3n) is 3.16. The zero-order chi connectivity index (χ0) is 15.0. The van der Waals surface area contributed by atoms with E-state index in [2.05, 4.69) is 0 Å². The van der Waals surface area contributed by atoms with Crippen molar-refractivity contribution < 1.29 is 26.7 Å². The largest absolute Gasteiger partial charge is 0.416 e. The number of alkyl halides is 3. The molecule has 2 rings (SSSR count). The van der Waals surface area contributed by atoms with Crippen molar-refractivity contribution >= 4 is 10.0 Å². The first-order valence-corrected chi connectivity index (χ1v) is 7.51. The quantitative estimate of drug-likeness (QED) is 0.907. The van der Waals surface area contributed by atoms with Gasteiger partial charge in [0.15, 0.2) is 0 Å². The molecule has 0 bridgehead atoms. The number of nitrogens with zero attached hydrogens (tertiary/aromatic N) is 1. The summed E-state index contributed by atoms with van der Waals surface area (Å²) in [6, 6.07) is 3.64. The molecule has 112 valence electrons. The Morgan fingerprint density at radius 3 is 2.60 bits per heavy atom. The van der Waals surface area contributed by atoms with Crippen LogP contribution < -0.4 is 0 Å². The van der Waals surface area contributed by atoms with Crippen LogP contribution >= 0.6 is 0 Å². The van der Waals surface area contributed by atoms with Crippen LogP contribution in [0.3, 0.4) is 0 Å². The molecule has 1 unspecified atom stereocenters. The van der Waals surface area contributed by atoms with Crippen LogP contribution in [0.2, 0.25) is 0 Å². The van der Waals surface area contributed by atoms with Crippen molar-refractivity contribution in [2.45, 2.75) is 30.0 Å². The molecule has 1 aromatic rings. The van der Waals surface area contributed by atoms with Crippen LogP contribution in [0.4, 0.5) is 13.2 Å². The Kier molecular flexibility index (Phi) is 4.08. The maximum Gasteiger partial charge on any atom is 0.416 e. The lowest BCUT2D eigenvalue weighted by molar-refractivity contribution is -0.137. The van der Waals surface area contributed by atoms with Crippen LogP contribution in [0, 0.1) is 0 Å². The van der Waals surface area contributed by atoms with Gasteiger partial charge in [-0.3, -0.25) is 0 Å². The third kappa shape index (κ3) is 3.13. The Labute approximate surface area is 114 Å². The van der Waals surface area contributed by atoms with Crippen molar-refractivity contribution in [3.8, 4) is 0 Å². The van der Waals surface area contributed by atoms with Crippen molar-refractivity contribution in [3.05, 3.63) is 29.8 Å². The predicted molar refractivity (Wildman–Crippen MR) is 65.4 cm³/mol. The van der Waals surface area contributed by atoms with Crippen LogP contribution in [0.1, 0.15) is 18.4 Å². The average molecular weight is 309 g/mol. The number of β-amino-alcohol motifs (C(OH)–C–C–N with tert-alkyl or cyclic N) is 1. The molecule has 1 N–H and O–H groups in total. The Bertz CT molecular complexity index is 586. The van der Waals surface area contributed by atoms with E-state index >= 15 is 0 Å². The molecule has 0 amide bonds. The highest BCUT2D eigenvalue weighted by atomic mass is 32.2. The zero-order valence-electron chi connectivity index (χ0n) is 10.5. The molecular weight excluding hydrogens is 295 g/mol. The van der Waals surface area contributed by atoms with Crippen LogP contribution in [0.25, 0.3) is 0 Å². The number of sulfonamides is 1. The van der Waals surface area contributed by atoms with Crippen LogP contribution in [-0.4, -0.2) is 37.0 Å². The fraction of sp³-hybridized carbons (Fsp3) is 0.500. The second-order valence-electron chi connectivity index (χ2n) is 4.68. The van der Waals surface area contributed by atoms with Gasteiger partial charge in [-0.05, 0) is 31.0 Å². The second-order valence-corrected chi connectivity index (χ2v) is 6.62. The van der Waals surface area contributed by atoms with Crippen LogP contribution in [0.15, 0.2) is 29.2 Å². The molecule has 1 aliphatic heterocycles. The van der Waals surface area contributed by atoms with E-state index in [1.165, 1.54) is 0 Å². The molecule has 1 atom stereocenters. The summed E-state index contributed by atoms with van der Waals surface area (Å²) < 4.78 is 63.4. The van der Waals surface area contributed by atoms with Gasteiger partial charge in [-0.25, -0.2) is 8.42 Å². The highest BCUT2D eigenvalue weighted by Crippen LogP contribution is 2.31. The molecule has 8 heteroatoms. The number of aliphatic hydroxyl groups excluding tert-OH is 1. The Hall–Kier alpha value is -1.12. The molecule has 0 saturated carbocycles. The Morgan fingerprint density at radius 2 is 2.00 bits per heavy atom. The van der Waals surface area contributed by atoms with Crippen LogP contribution in [-0.2, 0) is 16.2 Å². The van der Waals surface area contributed by atoms with Gasteiger partial charge < -0.3 is 5.11 Å². The lowest BCUT2D eigenvalue weighted by atomic mass is 10.1. The highest BCUT2D eigenvalue weighted by molar-refractivity contribution is 7.89. The molecule has 0 radical (unpaired) electrons. The van der Waals surface area contributed by atoms with E-state index in [9.17, 15) is 26.7 Å². The van der Waals surface area contributed by atoms with E-state index in [0.717, 1.165) is 22.5 Å². The summed E-state index contributed by atoms with van der Waals surface area (Å²) in [7, 11) is -4.00. The van der Waals surface area contributed by atoms with Gasteiger partial charge >= 0.3 is 6.18 Å². The minimum atomic E-state index is -4.59. The molecule has 1 heterocycles. The fourth-order valence-corrected chi connectivity index (χ4v) is 3.68. The molecule has 1 aliphatic rings. The van der Waals surface area contributed by atoms with Crippen molar-refractivity contribution in [3.63, 3.8) is 0 Å². The first-order valence-electron chi connectivity index (χ1n) is 6.07. The molecule has 20 heavy (non-hydrogen) atoms. The lowest BCUT2D eigenvalue weighted by Crippen LogP contribution is -2.42. The first kappa shape index (κ1) is 15.3. The summed E-state index contributed by atoms with van der Waals surface area (Å²) in [5, 5.41) is 9.49. The summed E-state index contributed by atoms with van der Waals surface area (Å²) in [6.07, 6.45) is -4.38. The summed E-state index contributed by atoms with van der Waals surface area (Å²) in [5.41, 5.74) is -1.00. The Morgan fingerprint density at radius 1 is 1.30 bits per heavy atom. The van der Waals surface area contributed by atoms with Gasteiger partial charge in [0, 0.05) is 13.1 Å². The van der Waals surface area contributed by atoms with Crippen molar-refractivity contribution in [1.29, 1.82) is 0 Å². The number of benzene rings is 1. The number of aliphatic hydroxyl groups is 1. The molecular formula is C12H14F3NO3S. The third-order valence-corrected chi connectivity index (χ3v) is 5.02. The number of hydrogen-bond donors (Lipinski definition) is 1. The SMILES string of the molecule is O=S(=O)(c1cccc(C(F)(F)F)c1)N1CCCC(O)C1. The van der Waals surface area contributed by atoms with Crippen molar-refractivity contribution in [1.82, 2.24) is 4.31 Å². The van der Waals surface area contributed by atoms with E-state index in [1.54, 1.807) is 0 Å². The van der Waals surface area contributed by atoms with E-state index in [-0.39, 0.29) is 13.1 Å². The molecule has 0 aliphatic carbocycles. The standard InChI is InChI=1S/C12H14F3NO3S/c13-12(14,15)9-3-1-5-11(7-9)20(18,19)16-6-2-4-10(17)8-16/h1,3,5,7,10,17H,2,4,6,8H2. The average Bonchev–Trinajstić information content (AvgIpc) is 2.38. The van der Waals surface area contributed by atoms with Crippen molar-refractivity contribution in [2.24, 2.45) is 0 Å². The van der Waals surface area contributed by atoms with Crippen LogP contribution in [0.5, 0.6) is 0 Å². The molecule has 4 nitrogen and oxygen atoms in total. The van der Waals surface area contributed by atoms with E-state index in [4.69, 9.17) is 0 Å². The topological polar surface area (TPSA) is 57.6 Å². The van der Waals surface area contributed by atoms with E-state index in [1.807, 2.05) is 0 Å². The van der Waals surface area contributed by atoms with Gasteiger partial charge in [-0.15, -0.1) is 0 Å². The number of halogens is 3. The predicted octanol–water partition coefficient (Wildman–Crippen LogP) is 1.85. The van der Waals surface area contributed by atoms with Gasteiger partial charge in [0.25, 0.3) is 0 Å². The monoisotopic (exact) mass is 309 g/mol. The van der Waals surface area contributed by atoms with E-state index in [0.29, 0.717) is 18.9 Å². The van der Waals surface area contributed by atoms with E-state index < -0.39 is 32.8 Å². The second kappa shape index (κ2) is 5.34. The van der Waals surface area contributed by atoms with Gasteiger partial charge in [0.1, 0.15) is 0 Å². The number of hydrogen-bond acceptors (Lipinski definition) is 3. The zero-order valence-corrected chi connectivity index (χ0v) is 11.3. The maximum absolute atomic E-state index is 12.6. The smallest absolute Gasteiger partial charge is 0.392 e. The van der Waals surface area contributed by atoms with Gasteiger partial charge in [0.05, 0.1) is 16.6 Å². The summed E-state index contributed by atoms with van der Waals surface area (Å²) >= 11 is 0. The van der Waals surface area contributed by atoms with Gasteiger partial charge in [-0.1, -0.05) is 6.07 Å². The molecule has 0 spiro atoms. The highest BCUT2D eigenvalue weighted by Gasteiger charge is 2.34. The normalized spacial score (nSPS) is 21.9. The maximum atomic E-state index is 12.6. The molecule has 0 aromatic heterocycles. The minimum Gasteiger partial charge on any atom is -0.392 e. The first-order chi connectivity index (χ1) is 9.21. The molecule has 1 saturated heterocycles. The van der Waals surface area contributed by atoms with Gasteiger partial charge in [-0.2, -0.15) is 17.5 Å². The summed E-state index contributed by atoms with van der Waals surface area (Å²) in [4.78, 5) is -0.401. The summed E-state index contributed by atoms with van der Waals surface area (Å²) in [6.45, 7) is 0.119. The number of rotatable bonds is 2. The lowest BCUT2D eigenvalue weighted by Gasteiger charge is -2.29. The van der Waals surface area contributed by atoms with Gasteiger partial charge in [0.2, 0.25) is 10.0 Å². The minimum absolute atomic E-state index is 0.0847. The Balaban J connectivity index is 2.34. The van der Waals surface area contributed by atoms with Crippen molar-refractivity contribution in [2.75, 3.05) is 13.1 Å².